The standard InChI is InChI=1S/C14H14F4O2.C2H6/c1-20-11-4-3-9(15)7-10(11)13(5-2-6-13)8-12(19)14(16,17)18;1-2/h3-4,7H,2,5-6,8H2,1H3;1-2H3. The number of carbonyl (C=O) groups is 1. The van der Waals surface area contributed by atoms with Gasteiger partial charge in [-0.15, -0.1) is 0 Å². The van der Waals surface area contributed by atoms with Crippen molar-refractivity contribution in [3.05, 3.63) is 29.6 Å². The minimum Gasteiger partial charge on any atom is -0.496 e. The fourth-order valence-corrected chi connectivity index (χ4v) is 2.65. The molecule has 0 N–H and O–H groups in total. The van der Waals surface area contributed by atoms with E-state index in [-0.39, 0.29) is 0 Å². The second kappa shape index (κ2) is 7.11. The van der Waals surface area contributed by atoms with E-state index in [9.17, 15) is 22.4 Å². The molecule has 1 aliphatic carbocycles. The summed E-state index contributed by atoms with van der Waals surface area (Å²) in [6.45, 7) is 4.00. The minimum atomic E-state index is -4.86. The lowest BCUT2D eigenvalue weighted by atomic mass is 9.61. The summed E-state index contributed by atoms with van der Waals surface area (Å²) in [6.07, 6.45) is -3.95. The van der Waals surface area contributed by atoms with Crippen LogP contribution in [0.25, 0.3) is 0 Å². The molecule has 0 radical (unpaired) electrons. The number of hydrogen-bond acceptors (Lipinski definition) is 2. The molecule has 0 bridgehead atoms. The average molecular weight is 320 g/mol. The number of halogens is 4. The third-order valence-corrected chi connectivity index (χ3v) is 3.86. The first-order valence-corrected chi connectivity index (χ1v) is 7.22. The van der Waals surface area contributed by atoms with Gasteiger partial charge in [0.25, 0.3) is 0 Å². The van der Waals surface area contributed by atoms with Crippen molar-refractivity contribution >= 4 is 5.78 Å². The molecule has 0 aromatic heterocycles. The molecular formula is C16H20F4O2. The summed E-state index contributed by atoms with van der Waals surface area (Å²) in [5, 5.41) is 0. The van der Waals surface area contributed by atoms with Crippen molar-refractivity contribution in [3.8, 4) is 5.75 Å². The van der Waals surface area contributed by atoms with E-state index < -0.39 is 29.6 Å². The highest BCUT2D eigenvalue weighted by Crippen LogP contribution is 2.50. The number of ether oxygens (including phenoxy) is 1. The van der Waals surface area contributed by atoms with E-state index >= 15 is 0 Å². The van der Waals surface area contributed by atoms with E-state index in [0.29, 0.717) is 30.6 Å². The monoisotopic (exact) mass is 320 g/mol. The highest BCUT2D eigenvalue weighted by molar-refractivity contribution is 5.85. The van der Waals surface area contributed by atoms with E-state index in [1.54, 1.807) is 0 Å². The van der Waals surface area contributed by atoms with Gasteiger partial charge < -0.3 is 4.74 Å². The Morgan fingerprint density at radius 3 is 2.27 bits per heavy atom. The van der Waals surface area contributed by atoms with Crippen LogP contribution in [-0.2, 0) is 10.2 Å². The Labute approximate surface area is 127 Å². The van der Waals surface area contributed by atoms with Crippen LogP contribution in [0, 0.1) is 5.82 Å². The van der Waals surface area contributed by atoms with Gasteiger partial charge in [0, 0.05) is 17.4 Å². The Hall–Kier alpha value is -1.59. The number of methoxy groups -OCH3 is 1. The van der Waals surface area contributed by atoms with Gasteiger partial charge in [-0.05, 0) is 31.0 Å². The zero-order valence-electron chi connectivity index (χ0n) is 12.9. The van der Waals surface area contributed by atoms with Crippen molar-refractivity contribution < 1.29 is 27.1 Å². The molecule has 1 aromatic carbocycles. The number of ketones is 1. The van der Waals surface area contributed by atoms with Crippen molar-refractivity contribution in [2.75, 3.05) is 7.11 Å². The largest absolute Gasteiger partial charge is 0.496 e. The quantitative estimate of drug-likeness (QED) is 0.745. The zero-order chi connectivity index (χ0) is 17.0. The third-order valence-electron chi connectivity index (χ3n) is 3.86. The highest BCUT2D eigenvalue weighted by atomic mass is 19.4. The Kier molecular flexibility index (Phi) is 5.97. The summed E-state index contributed by atoms with van der Waals surface area (Å²) in [5.41, 5.74) is -0.607. The average Bonchev–Trinajstić information content (AvgIpc) is 2.43. The molecule has 1 aliphatic rings. The van der Waals surface area contributed by atoms with Crippen LogP contribution in [-0.4, -0.2) is 19.1 Å². The van der Waals surface area contributed by atoms with Crippen LogP contribution < -0.4 is 4.74 Å². The first-order valence-electron chi connectivity index (χ1n) is 7.22. The summed E-state index contributed by atoms with van der Waals surface area (Å²) in [6, 6.07) is 3.73. The molecule has 1 aromatic rings. The molecule has 1 fully saturated rings. The van der Waals surface area contributed by atoms with Gasteiger partial charge >= 0.3 is 6.18 Å². The van der Waals surface area contributed by atoms with Gasteiger partial charge in [0.1, 0.15) is 11.6 Å². The smallest absolute Gasteiger partial charge is 0.450 e. The number of rotatable bonds is 4. The van der Waals surface area contributed by atoms with Gasteiger partial charge in [-0.3, -0.25) is 4.79 Å². The number of alkyl halides is 3. The fourth-order valence-electron chi connectivity index (χ4n) is 2.65. The van der Waals surface area contributed by atoms with E-state index in [1.807, 2.05) is 13.8 Å². The van der Waals surface area contributed by atoms with Crippen molar-refractivity contribution in [1.29, 1.82) is 0 Å². The predicted molar refractivity (Wildman–Crippen MR) is 75.5 cm³/mol. The Balaban J connectivity index is 0.00000116. The van der Waals surface area contributed by atoms with Gasteiger partial charge in [-0.1, -0.05) is 20.3 Å². The summed E-state index contributed by atoms with van der Waals surface area (Å²) < 4.78 is 55.9. The first kappa shape index (κ1) is 18.5. The molecule has 0 aliphatic heterocycles. The molecule has 22 heavy (non-hydrogen) atoms. The molecule has 0 saturated heterocycles. The first-order chi connectivity index (χ1) is 10.3. The molecule has 0 heterocycles. The molecule has 0 amide bonds. The number of benzene rings is 1. The Morgan fingerprint density at radius 2 is 1.86 bits per heavy atom. The van der Waals surface area contributed by atoms with Gasteiger partial charge in [0.15, 0.2) is 0 Å². The van der Waals surface area contributed by atoms with Crippen LogP contribution >= 0.6 is 0 Å². The van der Waals surface area contributed by atoms with Crippen LogP contribution in [0.4, 0.5) is 17.6 Å². The lowest BCUT2D eigenvalue weighted by Gasteiger charge is -2.42. The summed E-state index contributed by atoms with van der Waals surface area (Å²) >= 11 is 0. The summed E-state index contributed by atoms with van der Waals surface area (Å²) in [4.78, 5) is 11.3. The fraction of sp³-hybridized carbons (Fsp3) is 0.562. The second-order valence-electron chi connectivity index (χ2n) is 5.08. The topological polar surface area (TPSA) is 26.3 Å². The summed E-state index contributed by atoms with van der Waals surface area (Å²) in [7, 11) is 1.37. The second-order valence-corrected chi connectivity index (χ2v) is 5.08. The van der Waals surface area contributed by atoms with Crippen LogP contribution in [0.2, 0.25) is 0 Å². The summed E-state index contributed by atoms with van der Waals surface area (Å²) in [5.74, 6) is -2.00. The van der Waals surface area contributed by atoms with E-state index in [2.05, 4.69) is 0 Å². The van der Waals surface area contributed by atoms with Crippen molar-refractivity contribution in [3.63, 3.8) is 0 Å². The molecule has 2 rings (SSSR count). The molecule has 0 spiro atoms. The zero-order valence-corrected chi connectivity index (χ0v) is 12.9. The highest BCUT2D eigenvalue weighted by Gasteiger charge is 2.48. The lowest BCUT2D eigenvalue weighted by molar-refractivity contribution is -0.173. The molecule has 0 unspecified atom stereocenters. The van der Waals surface area contributed by atoms with Gasteiger partial charge in [-0.25, -0.2) is 4.39 Å². The van der Waals surface area contributed by atoms with Crippen LogP contribution in [0.3, 0.4) is 0 Å². The Bertz CT molecular complexity index is 519. The molecule has 2 nitrogen and oxygen atoms in total. The number of carbonyl (C=O) groups excluding carboxylic acids is 1. The van der Waals surface area contributed by atoms with Crippen LogP contribution in [0.5, 0.6) is 5.75 Å². The van der Waals surface area contributed by atoms with Gasteiger partial charge in [-0.2, -0.15) is 13.2 Å². The van der Waals surface area contributed by atoms with Gasteiger partial charge in [0.05, 0.1) is 7.11 Å². The van der Waals surface area contributed by atoms with Crippen LogP contribution in [0.1, 0.15) is 45.1 Å². The van der Waals surface area contributed by atoms with Crippen molar-refractivity contribution in [2.45, 2.75) is 51.1 Å². The maximum Gasteiger partial charge on any atom is 0.450 e. The van der Waals surface area contributed by atoms with Crippen molar-refractivity contribution in [2.24, 2.45) is 0 Å². The Morgan fingerprint density at radius 1 is 1.27 bits per heavy atom. The number of Topliss-reactive ketones (excluding diaryl/α,β-unsaturated/α-hetero) is 1. The SMILES string of the molecule is CC.COc1ccc(F)cc1C1(CC(=O)C(F)(F)F)CCC1. The minimum absolute atomic E-state index is 0.320. The van der Waals surface area contributed by atoms with Gasteiger partial charge in [0.2, 0.25) is 5.78 Å². The maximum atomic E-state index is 13.4. The van der Waals surface area contributed by atoms with Crippen LogP contribution in [0.15, 0.2) is 18.2 Å². The molecule has 124 valence electrons. The number of hydrogen-bond donors (Lipinski definition) is 0. The van der Waals surface area contributed by atoms with E-state index in [4.69, 9.17) is 4.74 Å². The van der Waals surface area contributed by atoms with E-state index in [1.165, 1.54) is 25.3 Å². The lowest BCUT2D eigenvalue weighted by Crippen LogP contribution is -2.40. The molecular weight excluding hydrogens is 300 g/mol. The molecule has 6 heteroatoms. The normalized spacial score (nSPS) is 16.1. The maximum absolute atomic E-state index is 13.4. The predicted octanol–water partition coefficient (Wildman–Crippen LogP) is 4.80. The molecule has 0 atom stereocenters. The van der Waals surface area contributed by atoms with Crippen molar-refractivity contribution in [1.82, 2.24) is 0 Å². The molecule has 1 saturated carbocycles. The third kappa shape index (κ3) is 3.78. The van der Waals surface area contributed by atoms with E-state index in [0.717, 1.165) is 0 Å².